The summed E-state index contributed by atoms with van der Waals surface area (Å²) in [6, 6.07) is 0.203. The van der Waals surface area contributed by atoms with Gasteiger partial charge in [0, 0.05) is 12.1 Å². The Labute approximate surface area is 84.7 Å². The van der Waals surface area contributed by atoms with Crippen molar-refractivity contribution in [2.75, 3.05) is 19.8 Å². The SMILES string of the molecule is Cc1onc(Br)c1C1COCCN1. The molecule has 2 rings (SSSR count). The van der Waals surface area contributed by atoms with Gasteiger partial charge < -0.3 is 14.6 Å². The summed E-state index contributed by atoms with van der Waals surface area (Å²) in [5, 5.41) is 7.19. The van der Waals surface area contributed by atoms with Crippen molar-refractivity contribution in [3.8, 4) is 0 Å². The highest BCUT2D eigenvalue weighted by molar-refractivity contribution is 9.10. The largest absolute Gasteiger partial charge is 0.378 e. The minimum Gasteiger partial charge on any atom is -0.378 e. The molecule has 1 aromatic rings. The zero-order valence-corrected chi connectivity index (χ0v) is 8.93. The van der Waals surface area contributed by atoms with Crippen LogP contribution >= 0.6 is 15.9 Å². The van der Waals surface area contributed by atoms with Crippen molar-refractivity contribution in [1.82, 2.24) is 10.5 Å². The van der Waals surface area contributed by atoms with Gasteiger partial charge >= 0.3 is 0 Å². The van der Waals surface area contributed by atoms with Crippen LogP contribution in [0, 0.1) is 6.92 Å². The van der Waals surface area contributed by atoms with Crippen molar-refractivity contribution in [3.05, 3.63) is 15.9 Å². The second-order valence-corrected chi connectivity index (χ2v) is 3.78. The first-order valence-corrected chi connectivity index (χ1v) is 5.01. The van der Waals surface area contributed by atoms with E-state index in [1.165, 1.54) is 0 Å². The van der Waals surface area contributed by atoms with Crippen molar-refractivity contribution in [3.63, 3.8) is 0 Å². The number of rotatable bonds is 1. The summed E-state index contributed by atoms with van der Waals surface area (Å²) in [7, 11) is 0. The summed E-state index contributed by atoms with van der Waals surface area (Å²) >= 11 is 3.35. The normalized spacial score (nSPS) is 23.4. The minimum absolute atomic E-state index is 0.203. The van der Waals surface area contributed by atoms with Gasteiger partial charge in [-0.05, 0) is 22.9 Å². The number of aromatic nitrogens is 1. The van der Waals surface area contributed by atoms with Crippen LogP contribution in [0.5, 0.6) is 0 Å². The van der Waals surface area contributed by atoms with Crippen molar-refractivity contribution < 1.29 is 9.26 Å². The molecule has 1 aliphatic heterocycles. The molecule has 0 saturated carbocycles. The lowest BCUT2D eigenvalue weighted by molar-refractivity contribution is 0.0762. The third-order valence-electron chi connectivity index (χ3n) is 2.13. The minimum atomic E-state index is 0.203. The molecule has 2 heterocycles. The highest BCUT2D eigenvalue weighted by Crippen LogP contribution is 2.27. The summed E-state index contributed by atoms with van der Waals surface area (Å²) in [6.45, 7) is 4.24. The van der Waals surface area contributed by atoms with Crippen molar-refractivity contribution in [1.29, 1.82) is 0 Å². The van der Waals surface area contributed by atoms with E-state index in [-0.39, 0.29) is 6.04 Å². The van der Waals surface area contributed by atoms with Gasteiger partial charge in [0.1, 0.15) is 5.76 Å². The zero-order valence-electron chi connectivity index (χ0n) is 7.34. The average molecular weight is 247 g/mol. The number of hydrogen-bond donors (Lipinski definition) is 1. The molecule has 0 spiro atoms. The molecule has 0 aliphatic carbocycles. The Hall–Kier alpha value is -0.390. The molecular weight excluding hydrogens is 236 g/mol. The predicted octanol–water partition coefficient (Wildman–Crippen LogP) is 1.41. The maximum absolute atomic E-state index is 5.36. The maximum Gasteiger partial charge on any atom is 0.154 e. The molecule has 1 atom stereocenters. The van der Waals surface area contributed by atoms with E-state index in [9.17, 15) is 0 Å². The van der Waals surface area contributed by atoms with Crippen LogP contribution in [0.15, 0.2) is 9.13 Å². The Morgan fingerprint density at radius 2 is 2.46 bits per heavy atom. The van der Waals surface area contributed by atoms with Gasteiger partial charge in [0.05, 0.1) is 19.3 Å². The number of morpholine rings is 1. The van der Waals surface area contributed by atoms with E-state index in [4.69, 9.17) is 9.26 Å². The fourth-order valence-corrected chi connectivity index (χ4v) is 2.12. The van der Waals surface area contributed by atoms with E-state index in [1.807, 2.05) is 6.92 Å². The van der Waals surface area contributed by atoms with Gasteiger partial charge in [-0.3, -0.25) is 0 Å². The molecule has 1 aliphatic rings. The third kappa shape index (κ3) is 1.77. The van der Waals surface area contributed by atoms with Crippen LogP contribution in [0.2, 0.25) is 0 Å². The summed E-state index contributed by atoms with van der Waals surface area (Å²) in [4.78, 5) is 0. The number of ether oxygens (including phenoxy) is 1. The van der Waals surface area contributed by atoms with Gasteiger partial charge in [0.15, 0.2) is 4.60 Å². The van der Waals surface area contributed by atoms with E-state index in [0.29, 0.717) is 6.61 Å². The second kappa shape index (κ2) is 3.77. The van der Waals surface area contributed by atoms with E-state index in [0.717, 1.165) is 29.1 Å². The van der Waals surface area contributed by atoms with Crippen LogP contribution in [-0.4, -0.2) is 24.9 Å². The smallest absolute Gasteiger partial charge is 0.154 e. The molecule has 72 valence electrons. The Morgan fingerprint density at radius 1 is 1.62 bits per heavy atom. The standard InChI is InChI=1S/C8H11BrN2O2/c1-5-7(8(9)11-13-5)6-4-12-3-2-10-6/h6,10H,2-4H2,1H3. The van der Waals surface area contributed by atoms with Gasteiger partial charge in [-0.1, -0.05) is 5.16 Å². The number of aryl methyl sites for hydroxylation is 1. The Kier molecular flexibility index (Phi) is 2.66. The maximum atomic E-state index is 5.36. The fraction of sp³-hybridized carbons (Fsp3) is 0.625. The Bertz CT molecular complexity index is 275. The second-order valence-electron chi connectivity index (χ2n) is 3.02. The predicted molar refractivity (Wildman–Crippen MR) is 50.5 cm³/mol. The summed E-state index contributed by atoms with van der Waals surface area (Å²) in [5.41, 5.74) is 1.07. The lowest BCUT2D eigenvalue weighted by atomic mass is 10.1. The molecule has 0 amide bonds. The Morgan fingerprint density at radius 3 is 3.00 bits per heavy atom. The van der Waals surface area contributed by atoms with Crippen LogP contribution in [-0.2, 0) is 4.74 Å². The Balaban J connectivity index is 2.22. The summed E-state index contributed by atoms with van der Waals surface area (Å²) < 4.78 is 11.2. The quantitative estimate of drug-likeness (QED) is 0.814. The van der Waals surface area contributed by atoms with E-state index >= 15 is 0 Å². The van der Waals surface area contributed by atoms with Crippen LogP contribution in [0.25, 0.3) is 0 Å². The van der Waals surface area contributed by atoms with Crippen LogP contribution in [0.1, 0.15) is 17.4 Å². The molecule has 0 bridgehead atoms. The monoisotopic (exact) mass is 246 g/mol. The first-order valence-electron chi connectivity index (χ1n) is 4.22. The van der Waals surface area contributed by atoms with Crippen LogP contribution in [0.4, 0.5) is 0 Å². The topological polar surface area (TPSA) is 47.3 Å². The molecule has 13 heavy (non-hydrogen) atoms. The summed E-state index contributed by atoms with van der Waals surface area (Å²) in [6.07, 6.45) is 0. The van der Waals surface area contributed by atoms with Crippen molar-refractivity contribution in [2.45, 2.75) is 13.0 Å². The molecule has 1 unspecified atom stereocenters. The van der Waals surface area contributed by atoms with Gasteiger partial charge in [-0.2, -0.15) is 0 Å². The van der Waals surface area contributed by atoms with E-state index in [1.54, 1.807) is 0 Å². The van der Waals surface area contributed by atoms with Gasteiger partial charge in [0.2, 0.25) is 0 Å². The number of halogens is 1. The first-order chi connectivity index (χ1) is 6.29. The van der Waals surface area contributed by atoms with Crippen molar-refractivity contribution >= 4 is 15.9 Å². The van der Waals surface area contributed by atoms with Crippen LogP contribution in [0.3, 0.4) is 0 Å². The van der Waals surface area contributed by atoms with Crippen LogP contribution < -0.4 is 5.32 Å². The summed E-state index contributed by atoms with van der Waals surface area (Å²) in [5.74, 6) is 0.842. The lowest BCUT2D eigenvalue weighted by Crippen LogP contribution is -2.34. The van der Waals surface area contributed by atoms with Crippen molar-refractivity contribution in [2.24, 2.45) is 0 Å². The highest BCUT2D eigenvalue weighted by atomic mass is 79.9. The fourth-order valence-electron chi connectivity index (χ4n) is 1.49. The molecule has 0 aromatic carbocycles. The molecule has 0 radical (unpaired) electrons. The molecule has 1 aromatic heterocycles. The molecular formula is C8H11BrN2O2. The molecule has 4 nitrogen and oxygen atoms in total. The van der Waals surface area contributed by atoms with Gasteiger partial charge in [-0.15, -0.1) is 0 Å². The third-order valence-corrected chi connectivity index (χ3v) is 2.71. The molecule has 5 heteroatoms. The number of nitrogens with one attached hydrogen (secondary N) is 1. The molecule has 1 fully saturated rings. The molecule has 1 N–H and O–H groups in total. The molecule has 1 saturated heterocycles. The van der Waals surface area contributed by atoms with Gasteiger partial charge in [0.25, 0.3) is 0 Å². The average Bonchev–Trinajstić information content (AvgIpc) is 2.48. The highest BCUT2D eigenvalue weighted by Gasteiger charge is 2.23. The lowest BCUT2D eigenvalue weighted by Gasteiger charge is -2.23. The number of hydrogen-bond acceptors (Lipinski definition) is 4. The first kappa shape index (κ1) is 9.18. The van der Waals surface area contributed by atoms with Gasteiger partial charge in [-0.25, -0.2) is 0 Å². The van der Waals surface area contributed by atoms with E-state index in [2.05, 4.69) is 26.4 Å². The van der Waals surface area contributed by atoms with E-state index < -0.39 is 0 Å². The zero-order chi connectivity index (χ0) is 9.26. The number of nitrogens with zero attached hydrogens (tertiary/aromatic N) is 1.